The van der Waals surface area contributed by atoms with Crippen molar-refractivity contribution >= 4 is 27.8 Å². The molecular weight excluding hydrogens is 262 g/mol. The molecule has 1 aliphatic carbocycles. The van der Waals surface area contributed by atoms with Gasteiger partial charge in [0.2, 0.25) is 10.0 Å². The summed E-state index contributed by atoms with van der Waals surface area (Å²) in [5.74, 6) is -0.368. The lowest BCUT2D eigenvalue weighted by molar-refractivity contribution is -0.136. The lowest BCUT2D eigenvalue weighted by atomic mass is 10.3. The van der Waals surface area contributed by atoms with E-state index in [0.29, 0.717) is 0 Å². The molecule has 3 atom stereocenters. The molecule has 2 N–H and O–H groups in total. The van der Waals surface area contributed by atoms with E-state index in [9.17, 15) is 13.2 Å². The minimum Gasteiger partial charge on any atom is -0.480 e. The Kier molecular flexibility index (Phi) is 5.27. The van der Waals surface area contributed by atoms with Gasteiger partial charge in [0, 0.05) is 11.3 Å². The monoisotopic (exact) mass is 281 g/mol. The molecule has 5 nitrogen and oxygen atoms in total. The summed E-state index contributed by atoms with van der Waals surface area (Å²) in [6, 6.07) is -0.119. The number of aliphatic carboxylic acids is 1. The molecule has 0 aliphatic heterocycles. The third kappa shape index (κ3) is 3.86. The summed E-state index contributed by atoms with van der Waals surface area (Å²) in [6.45, 7) is 3.23. The van der Waals surface area contributed by atoms with E-state index in [0.717, 1.165) is 25.0 Å². The third-order valence-corrected chi connectivity index (χ3v) is 6.05. The van der Waals surface area contributed by atoms with E-state index in [4.69, 9.17) is 5.11 Å². The van der Waals surface area contributed by atoms with Gasteiger partial charge >= 0.3 is 5.97 Å². The van der Waals surface area contributed by atoms with Gasteiger partial charge < -0.3 is 5.11 Å². The maximum Gasteiger partial charge on any atom is 0.323 e. The van der Waals surface area contributed by atoms with E-state index in [-0.39, 0.29) is 11.3 Å². The Morgan fingerprint density at radius 1 is 1.53 bits per heavy atom. The summed E-state index contributed by atoms with van der Waals surface area (Å²) in [4.78, 5) is 10.7. The number of carbonyl (C=O) groups is 1. The van der Waals surface area contributed by atoms with Crippen molar-refractivity contribution in [1.29, 1.82) is 0 Å². The minimum absolute atomic E-state index is 0.119. The van der Waals surface area contributed by atoms with Crippen LogP contribution in [0.2, 0.25) is 0 Å². The standard InChI is InChI=1S/C10H19NO4S2/c1-3-16-9-6-4-5-8(9)11-17(14,15)7(2)10(12)13/h7-9,11H,3-6H2,1-2H3,(H,12,13). The van der Waals surface area contributed by atoms with Crippen molar-refractivity contribution in [1.82, 2.24) is 4.72 Å². The molecule has 7 heteroatoms. The number of carboxylic acids is 1. The van der Waals surface area contributed by atoms with E-state index in [1.807, 2.05) is 6.92 Å². The second-order valence-electron chi connectivity index (χ2n) is 4.17. The summed E-state index contributed by atoms with van der Waals surface area (Å²) in [6.07, 6.45) is 2.78. The Balaban J connectivity index is 2.67. The molecule has 0 bridgehead atoms. The molecule has 0 aromatic heterocycles. The molecule has 1 saturated carbocycles. The Hall–Kier alpha value is -0.270. The highest BCUT2D eigenvalue weighted by Crippen LogP contribution is 2.30. The molecule has 0 aromatic rings. The first kappa shape index (κ1) is 14.8. The van der Waals surface area contributed by atoms with E-state index >= 15 is 0 Å². The van der Waals surface area contributed by atoms with Gasteiger partial charge in [0.15, 0.2) is 5.25 Å². The van der Waals surface area contributed by atoms with Crippen LogP contribution in [0.15, 0.2) is 0 Å². The van der Waals surface area contributed by atoms with Crippen molar-refractivity contribution in [2.24, 2.45) is 0 Å². The fraction of sp³-hybridized carbons (Fsp3) is 0.900. The average Bonchev–Trinajstić information content (AvgIpc) is 2.64. The Morgan fingerprint density at radius 3 is 2.71 bits per heavy atom. The molecule has 0 radical (unpaired) electrons. The first-order valence-electron chi connectivity index (χ1n) is 5.74. The lowest BCUT2D eigenvalue weighted by Gasteiger charge is -2.21. The topological polar surface area (TPSA) is 83.5 Å². The molecular formula is C10H19NO4S2. The molecule has 17 heavy (non-hydrogen) atoms. The number of rotatable bonds is 6. The predicted octanol–water partition coefficient (Wildman–Crippen LogP) is 1.05. The van der Waals surface area contributed by atoms with Crippen molar-refractivity contribution in [2.75, 3.05) is 5.75 Å². The average molecular weight is 281 g/mol. The van der Waals surface area contributed by atoms with Crippen LogP contribution >= 0.6 is 11.8 Å². The fourth-order valence-electron chi connectivity index (χ4n) is 1.92. The lowest BCUT2D eigenvalue weighted by Crippen LogP contribution is -2.45. The summed E-state index contributed by atoms with van der Waals surface area (Å²) in [5, 5.41) is 7.62. The van der Waals surface area contributed by atoms with Crippen LogP contribution in [-0.2, 0) is 14.8 Å². The van der Waals surface area contributed by atoms with Gasteiger partial charge in [-0.1, -0.05) is 13.3 Å². The number of hydrogen-bond acceptors (Lipinski definition) is 4. The zero-order chi connectivity index (χ0) is 13.1. The van der Waals surface area contributed by atoms with E-state index in [1.54, 1.807) is 11.8 Å². The molecule has 100 valence electrons. The van der Waals surface area contributed by atoms with Crippen molar-refractivity contribution in [3.8, 4) is 0 Å². The highest BCUT2D eigenvalue weighted by atomic mass is 32.2. The van der Waals surface area contributed by atoms with Crippen molar-refractivity contribution in [3.05, 3.63) is 0 Å². The fourth-order valence-corrected chi connectivity index (χ4v) is 4.38. The van der Waals surface area contributed by atoms with Crippen LogP contribution in [-0.4, -0.2) is 41.8 Å². The predicted molar refractivity (Wildman–Crippen MR) is 68.7 cm³/mol. The van der Waals surface area contributed by atoms with Gasteiger partial charge in [-0.15, -0.1) is 0 Å². The molecule has 0 amide bonds. The second kappa shape index (κ2) is 6.06. The number of nitrogens with one attached hydrogen (secondary N) is 1. The van der Waals surface area contributed by atoms with E-state index < -0.39 is 21.2 Å². The van der Waals surface area contributed by atoms with Crippen LogP contribution in [0, 0.1) is 0 Å². The van der Waals surface area contributed by atoms with E-state index in [2.05, 4.69) is 4.72 Å². The number of thioether (sulfide) groups is 1. The van der Waals surface area contributed by atoms with Crippen molar-refractivity contribution in [2.45, 2.75) is 49.7 Å². The number of sulfonamides is 1. The molecule has 1 rings (SSSR count). The SMILES string of the molecule is CCSC1CCCC1NS(=O)(=O)C(C)C(=O)O. The van der Waals surface area contributed by atoms with Crippen molar-refractivity contribution < 1.29 is 18.3 Å². The van der Waals surface area contributed by atoms with Crippen molar-refractivity contribution in [3.63, 3.8) is 0 Å². The molecule has 0 heterocycles. The smallest absolute Gasteiger partial charge is 0.323 e. The van der Waals surface area contributed by atoms with Crippen LogP contribution in [0.3, 0.4) is 0 Å². The van der Waals surface area contributed by atoms with Gasteiger partial charge in [0.05, 0.1) is 0 Å². The number of carboxylic acid groups (broad SMARTS) is 1. The summed E-state index contributed by atoms with van der Waals surface area (Å²) < 4.78 is 26.1. The van der Waals surface area contributed by atoms with Crippen LogP contribution in [0.5, 0.6) is 0 Å². The highest BCUT2D eigenvalue weighted by Gasteiger charge is 2.35. The Morgan fingerprint density at radius 2 is 2.18 bits per heavy atom. The second-order valence-corrected chi connectivity index (χ2v) is 7.72. The largest absolute Gasteiger partial charge is 0.480 e. The molecule has 0 aromatic carbocycles. The maximum atomic E-state index is 11.8. The minimum atomic E-state index is -3.76. The van der Waals surface area contributed by atoms with Crippen LogP contribution in [0.25, 0.3) is 0 Å². The third-order valence-electron chi connectivity index (χ3n) is 2.96. The van der Waals surface area contributed by atoms with Gasteiger partial charge in [-0.25, -0.2) is 13.1 Å². The van der Waals surface area contributed by atoms with Crippen LogP contribution in [0.4, 0.5) is 0 Å². The Bertz CT molecular complexity index is 369. The highest BCUT2D eigenvalue weighted by molar-refractivity contribution is 8.00. The van der Waals surface area contributed by atoms with Crippen LogP contribution < -0.4 is 4.72 Å². The van der Waals surface area contributed by atoms with Gasteiger partial charge in [0.1, 0.15) is 0 Å². The van der Waals surface area contributed by atoms with Gasteiger partial charge in [-0.3, -0.25) is 4.79 Å². The summed E-state index contributed by atoms with van der Waals surface area (Å²) in [7, 11) is -3.76. The Labute approximate surface area is 106 Å². The summed E-state index contributed by atoms with van der Waals surface area (Å²) in [5.41, 5.74) is 0. The quantitative estimate of drug-likeness (QED) is 0.760. The maximum absolute atomic E-state index is 11.8. The van der Waals surface area contributed by atoms with Gasteiger partial charge in [0.25, 0.3) is 0 Å². The van der Waals surface area contributed by atoms with Crippen LogP contribution in [0.1, 0.15) is 33.1 Å². The zero-order valence-electron chi connectivity index (χ0n) is 10.0. The van der Waals surface area contributed by atoms with Gasteiger partial charge in [-0.05, 0) is 25.5 Å². The first-order chi connectivity index (χ1) is 7.88. The number of hydrogen-bond donors (Lipinski definition) is 2. The normalized spacial score (nSPS) is 26.9. The zero-order valence-corrected chi connectivity index (χ0v) is 11.7. The molecule has 0 saturated heterocycles. The van der Waals surface area contributed by atoms with E-state index in [1.165, 1.54) is 6.92 Å². The first-order valence-corrected chi connectivity index (χ1v) is 8.33. The molecule has 0 spiro atoms. The summed E-state index contributed by atoms with van der Waals surface area (Å²) >= 11 is 1.73. The van der Waals surface area contributed by atoms with Gasteiger partial charge in [-0.2, -0.15) is 11.8 Å². The molecule has 1 fully saturated rings. The molecule has 3 unspecified atom stereocenters. The molecule has 1 aliphatic rings.